The molecule has 2 aromatic rings. The molecule has 21 heavy (non-hydrogen) atoms. The normalized spacial score (nSPS) is 14.3. The van der Waals surface area contributed by atoms with Gasteiger partial charge in [0.25, 0.3) is 0 Å². The van der Waals surface area contributed by atoms with E-state index in [-0.39, 0.29) is 5.82 Å². The minimum atomic E-state index is -0.830. The van der Waals surface area contributed by atoms with Crippen LogP contribution in [0.15, 0.2) is 47.9 Å². The van der Waals surface area contributed by atoms with Gasteiger partial charge < -0.3 is 0 Å². The third kappa shape index (κ3) is 3.87. The fraction of sp³-hybridized carbons (Fsp3) is 0.188. The number of benzene rings is 1. The first-order valence-electron chi connectivity index (χ1n) is 6.33. The van der Waals surface area contributed by atoms with Crippen LogP contribution in [0, 0.1) is 17.1 Å². The summed E-state index contributed by atoms with van der Waals surface area (Å²) in [4.78, 5) is 8.05. The topological polar surface area (TPSA) is 49.6 Å². The van der Waals surface area contributed by atoms with Crippen LogP contribution in [0.1, 0.15) is 24.6 Å². The third-order valence-corrected chi connectivity index (χ3v) is 3.38. The molecule has 0 aliphatic heterocycles. The fourth-order valence-electron chi connectivity index (χ4n) is 1.96. The average Bonchev–Trinajstić information content (AvgIpc) is 2.48. The van der Waals surface area contributed by atoms with E-state index in [9.17, 15) is 9.65 Å². The molecule has 1 atom stereocenters. The molecular formula is C16H13ClFN3. The van der Waals surface area contributed by atoms with E-state index in [1.54, 1.807) is 43.7 Å². The second kappa shape index (κ2) is 6.47. The Balaban J connectivity index is 2.24. The minimum absolute atomic E-state index is 0.313. The van der Waals surface area contributed by atoms with Crippen LogP contribution in [0.2, 0.25) is 0 Å². The van der Waals surface area contributed by atoms with Crippen LogP contribution in [0.25, 0.3) is 6.08 Å². The van der Waals surface area contributed by atoms with Gasteiger partial charge in [0.2, 0.25) is 0 Å². The van der Waals surface area contributed by atoms with E-state index in [0.29, 0.717) is 17.1 Å². The summed E-state index contributed by atoms with van der Waals surface area (Å²) in [6.45, 7) is 1.77. The summed E-state index contributed by atoms with van der Waals surface area (Å²) in [7, 11) is 0. The van der Waals surface area contributed by atoms with Crippen LogP contribution in [0.5, 0.6) is 0 Å². The van der Waals surface area contributed by atoms with Gasteiger partial charge in [-0.25, -0.2) is 4.39 Å². The van der Waals surface area contributed by atoms with E-state index in [2.05, 4.69) is 16.0 Å². The van der Waals surface area contributed by atoms with Crippen molar-refractivity contribution in [1.29, 1.82) is 5.26 Å². The van der Waals surface area contributed by atoms with Gasteiger partial charge >= 0.3 is 0 Å². The van der Waals surface area contributed by atoms with E-state index in [1.807, 2.05) is 0 Å². The van der Waals surface area contributed by atoms with Crippen molar-refractivity contribution in [1.82, 2.24) is 9.97 Å². The first-order chi connectivity index (χ1) is 10.0. The molecule has 3 nitrogen and oxygen atoms in total. The number of allylic oxidation sites excluding steroid dienone is 1. The van der Waals surface area contributed by atoms with Crippen molar-refractivity contribution in [2.45, 2.75) is 18.8 Å². The van der Waals surface area contributed by atoms with Crippen LogP contribution in [0.4, 0.5) is 4.39 Å². The van der Waals surface area contributed by atoms with Crippen molar-refractivity contribution in [2.75, 3.05) is 0 Å². The largest absolute Gasteiger partial charge is 0.261 e. The van der Waals surface area contributed by atoms with Crippen molar-refractivity contribution < 1.29 is 4.39 Å². The Bertz CT molecular complexity index is 677. The van der Waals surface area contributed by atoms with Crippen molar-refractivity contribution >= 4 is 17.7 Å². The zero-order chi connectivity index (χ0) is 15.3. The lowest BCUT2D eigenvalue weighted by Gasteiger charge is -2.21. The van der Waals surface area contributed by atoms with Gasteiger partial charge in [-0.1, -0.05) is 23.7 Å². The Kier molecular flexibility index (Phi) is 4.66. The number of hydrogen-bond acceptors (Lipinski definition) is 3. The summed E-state index contributed by atoms with van der Waals surface area (Å²) in [5.74, 6) is -0.333. The van der Waals surface area contributed by atoms with Gasteiger partial charge in [0.15, 0.2) is 0 Å². The standard InChI is InChI=1S/C16H13ClFN3/c1-16(11-19,12-2-4-14(18)5-3-12)9-13(17)8-15-10-20-6-7-21-15/h2-8,10H,9H2,1H3. The Labute approximate surface area is 127 Å². The van der Waals surface area contributed by atoms with Crippen molar-refractivity contribution in [3.8, 4) is 6.07 Å². The molecule has 0 aliphatic rings. The molecule has 0 saturated heterocycles. The first kappa shape index (κ1) is 15.1. The molecule has 1 aromatic heterocycles. The minimum Gasteiger partial charge on any atom is -0.261 e. The SMILES string of the molecule is CC(C#N)(CC(Cl)=Cc1cnccn1)c1ccc(F)cc1. The lowest BCUT2D eigenvalue weighted by molar-refractivity contribution is 0.603. The highest BCUT2D eigenvalue weighted by Gasteiger charge is 2.27. The molecule has 0 N–H and O–H groups in total. The number of halogens is 2. The van der Waals surface area contributed by atoms with E-state index >= 15 is 0 Å². The van der Waals surface area contributed by atoms with Gasteiger partial charge in [-0.2, -0.15) is 5.26 Å². The summed E-state index contributed by atoms with van der Waals surface area (Å²) in [5, 5.41) is 9.96. The van der Waals surface area contributed by atoms with Crippen molar-refractivity contribution in [3.05, 3.63) is 65.0 Å². The van der Waals surface area contributed by atoms with E-state index in [4.69, 9.17) is 11.6 Å². The molecule has 0 aliphatic carbocycles. The highest BCUT2D eigenvalue weighted by molar-refractivity contribution is 6.31. The zero-order valence-corrected chi connectivity index (χ0v) is 12.2. The summed E-state index contributed by atoms with van der Waals surface area (Å²) >= 11 is 6.23. The number of aromatic nitrogens is 2. The predicted octanol–water partition coefficient (Wildman–Crippen LogP) is 4.07. The van der Waals surface area contributed by atoms with Gasteiger partial charge in [0.05, 0.1) is 23.4 Å². The zero-order valence-electron chi connectivity index (χ0n) is 11.4. The van der Waals surface area contributed by atoms with Crippen molar-refractivity contribution in [3.63, 3.8) is 0 Å². The summed E-state index contributed by atoms with van der Waals surface area (Å²) in [6, 6.07) is 8.13. The number of nitriles is 1. The molecular weight excluding hydrogens is 289 g/mol. The summed E-state index contributed by atoms with van der Waals surface area (Å²) < 4.78 is 13.0. The second-order valence-corrected chi connectivity index (χ2v) is 5.33. The Morgan fingerprint density at radius 1 is 1.38 bits per heavy atom. The molecule has 0 radical (unpaired) electrons. The average molecular weight is 302 g/mol. The Morgan fingerprint density at radius 3 is 2.67 bits per heavy atom. The lowest BCUT2D eigenvalue weighted by Crippen LogP contribution is -2.19. The molecule has 0 bridgehead atoms. The molecule has 0 spiro atoms. The van der Waals surface area contributed by atoms with Crippen LogP contribution < -0.4 is 0 Å². The van der Waals surface area contributed by atoms with Crippen LogP contribution >= 0.6 is 11.6 Å². The summed E-state index contributed by atoms with van der Waals surface area (Å²) in [5.41, 5.74) is 0.516. The molecule has 5 heteroatoms. The molecule has 0 amide bonds. The number of rotatable bonds is 4. The second-order valence-electron chi connectivity index (χ2n) is 4.85. The van der Waals surface area contributed by atoms with Crippen LogP contribution in [0.3, 0.4) is 0 Å². The molecule has 1 aromatic carbocycles. The number of nitrogens with zero attached hydrogens (tertiary/aromatic N) is 3. The lowest BCUT2D eigenvalue weighted by atomic mass is 9.81. The number of hydrogen-bond donors (Lipinski definition) is 0. The fourth-order valence-corrected chi connectivity index (χ4v) is 2.34. The van der Waals surface area contributed by atoms with Gasteiger partial charge in [-0.15, -0.1) is 0 Å². The molecule has 0 fully saturated rings. The maximum absolute atomic E-state index is 13.0. The third-order valence-electron chi connectivity index (χ3n) is 3.14. The molecule has 106 valence electrons. The van der Waals surface area contributed by atoms with E-state index < -0.39 is 5.41 Å². The first-order valence-corrected chi connectivity index (χ1v) is 6.71. The highest BCUT2D eigenvalue weighted by Crippen LogP contribution is 2.32. The Hall–Kier alpha value is -2.25. The Morgan fingerprint density at radius 2 is 2.10 bits per heavy atom. The van der Waals surface area contributed by atoms with Gasteiger partial charge in [-0.3, -0.25) is 9.97 Å². The van der Waals surface area contributed by atoms with Gasteiger partial charge in [0, 0.05) is 23.8 Å². The maximum atomic E-state index is 13.0. The molecule has 2 rings (SSSR count). The maximum Gasteiger partial charge on any atom is 0.123 e. The molecule has 0 saturated carbocycles. The van der Waals surface area contributed by atoms with E-state index in [1.165, 1.54) is 12.1 Å². The quantitative estimate of drug-likeness (QED) is 0.855. The highest BCUT2D eigenvalue weighted by atomic mass is 35.5. The predicted molar refractivity (Wildman–Crippen MR) is 79.8 cm³/mol. The smallest absolute Gasteiger partial charge is 0.123 e. The van der Waals surface area contributed by atoms with Gasteiger partial charge in [-0.05, 0) is 30.7 Å². The molecule has 1 unspecified atom stereocenters. The van der Waals surface area contributed by atoms with Gasteiger partial charge in [0.1, 0.15) is 5.82 Å². The molecule has 1 heterocycles. The van der Waals surface area contributed by atoms with E-state index in [0.717, 1.165) is 5.56 Å². The monoisotopic (exact) mass is 301 g/mol. The van der Waals surface area contributed by atoms with Crippen molar-refractivity contribution in [2.24, 2.45) is 0 Å². The van der Waals surface area contributed by atoms with Crippen LogP contribution in [-0.4, -0.2) is 9.97 Å². The summed E-state index contributed by atoms with van der Waals surface area (Å²) in [6.07, 6.45) is 6.72. The van der Waals surface area contributed by atoms with Crippen LogP contribution in [-0.2, 0) is 5.41 Å².